The summed E-state index contributed by atoms with van der Waals surface area (Å²) in [7, 11) is 0. The molecule has 2 heteroatoms. The van der Waals surface area contributed by atoms with Gasteiger partial charge in [0.25, 0.3) is 0 Å². The summed E-state index contributed by atoms with van der Waals surface area (Å²) in [5.41, 5.74) is -0.514. The number of aliphatic hydroxyl groups excluding tert-OH is 1. The van der Waals surface area contributed by atoms with Gasteiger partial charge in [-0.1, -0.05) is 26.0 Å². The van der Waals surface area contributed by atoms with E-state index in [1.54, 1.807) is 6.08 Å². The molecule has 82 valence electrons. The van der Waals surface area contributed by atoms with Crippen LogP contribution < -0.4 is 0 Å². The summed E-state index contributed by atoms with van der Waals surface area (Å²) in [6, 6.07) is 0. The van der Waals surface area contributed by atoms with Crippen molar-refractivity contribution in [1.82, 2.24) is 0 Å². The van der Waals surface area contributed by atoms with Gasteiger partial charge in [-0.3, -0.25) is 0 Å². The maximum atomic E-state index is 10.4. The van der Waals surface area contributed by atoms with E-state index in [0.717, 1.165) is 25.7 Å². The first kappa shape index (κ1) is 11.7. The monoisotopic (exact) mass is 198 g/mol. The molecule has 1 saturated carbocycles. The Hall–Kier alpha value is -0.340. The van der Waals surface area contributed by atoms with E-state index in [9.17, 15) is 5.11 Å². The van der Waals surface area contributed by atoms with Crippen molar-refractivity contribution in [2.45, 2.75) is 45.1 Å². The lowest BCUT2D eigenvalue weighted by Crippen LogP contribution is -2.33. The third-order valence-electron chi connectivity index (χ3n) is 3.05. The molecule has 0 heterocycles. The lowest BCUT2D eigenvalue weighted by atomic mass is 9.83. The summed E-state index contributed by atoms with van der Waals surface area (Å²) >= 11 is 0. The summed E-state index contributed by atoms with van der Waals surface area (Å²) in [4.78, 5) is 0. The predicted molar refractivity (Wildman–Crippen MR) is 58.0 cm³/mol. The third kappa shape index (κ3) is 2.82. The summed E-state index contributed by atoms with van der Waals surface area (Å²) in [5.74, 6) is 0.778. The molecule has 0 saturated heterocycles. The molecule has 0 spiro atoms. The van der Waals surface area contributed by atoms with Crippen LogP contribution in [-0.4, -0.2) is 22.4 Å². The van der Waals surface area contributed by atoms with Gasteiger partial charge in [0.15, 0.2) is 0 Å². The second-order valence-electron chi connectivity index (χ2n) is 4.81. The van der Waals surface area contributed by atoms with Crippen LogP contribution in [0.15, 0.2) is 12.2 Å². The lowest BCUT2D eigenvalue weighted by Gasteiger charge is -2.30. The molecule has 1 rings (SSSR count). The van der Waals surface area contributed by atoms with Gasteiger partial charge in [0, 0.05) is 5.92 Å². The van der Waals surface area contributed by atoms with Crippen LogP contribution >= 0.6 is 0 Å². The van der Waals surface area contributed by atoms with E-state index in [1.807, 2.05) is 6.08 Å². The third-order valence-corrected chi connectivity index (χ3v) is 3.05. The van der Waals surface area contributed by atoms with Crippen molar-refractivity contribution in [3.63, 3.8) is 0 Å². The highest BCUT2D eigenvalue weighted by atomic mass is 16.3. The minimum Gasteiger partial charge on any atom is -0.392 e. The van der Waals surface area contributed by atoms with Gasteiger partial charge in [0.05, 0.1) is 12.2 Å². The van der Waals surface area contributed by atoms with Gasteiger partial charge in [0.2, 0.25) is 0 Å². The van der Waals surface area contributed by atoms with Crippen molar-refractivity contribution < 1.29 is 10.2 Å². The highest BCUT2D eigenvalue weighted by Crippen LogP contribution is 2.40. The summed E-state index contributed by atoms with van der Waals surface area (Å²) < 4.78 is 0. The minimum absolute atomic E-state index is 0.0776. The normalized spacial score (nSPS) is 33.4. The largest absolute Gasteiger partial charge is 0.392 e. The van der Waals surface area contributed by atoms with Crippen LogP contribution in [0.1, 0.15) is 39.5 Å². The quantitative estimate of drug-likeness (QED) is 0.679. The van der Waals surface area contributed by atoms with Gasteiger partial charge >= 0.3 is 0 Å². The average molecular weight is 198 g/mol. The van der Waals surface area contributed by atoms with Gasteiger partial charge in [-0.25, -0.2) is 0 Å². The minimum atomic E-state index is -0.514. The maximum Gasteiger partial charge on any atom is 0.0712 e. The second kappa shape index (κ2) is 4.94. The van der Waals surface area contributed by atoms with Crippen molar-refractivity contribution in [2.75, 3.05) is 6.61 Å². The average Bonchev–Trinajstić information content (AvgIpc) is 2.42. The maximum absolute atomic E-state index is 10.4. The Bertz CT molecular complexity index is 198. The van der Waals surface area contributed by atoms with E-state index in [1.165, 1.54) is 0 Å². The Kier molecular flexibility index (Phi) is 4.14. The zero-order valence-electron chi connectivity index (χ0n) is 9.24. The van der Waals surface area contributed by atoms with Crippen LogP contribution in [0.2, 0.25) is 0 Å². The molecule has 0 radical (unpaired) electrons. The van der Waals surface area contributed by atoms with Crippen LogP contribution in [0.25, 0.3) is 0 Å². The number of aliphatic hydroxyl groups is 2. The Balaban J connectivity index is 2.60. The van der Waals surface area contributed by atoms with Gasteiger partial charge in [-0.15, -0.1) is 0 Å². The molecule has 2 N–H and O–H groups in total. The van der Waals surface area contributed by atoms with Crippen LogP contribution in [0.3, 0.4) is 0 Å². The molecular formula is C12H22O2. The Morgan fingerprint density at radius 3 is 2.79 bits per heavy atom. The van der Waals surface area contributed by atoms with E-state index in [0.29, 0.717) is 5.92 Å². The molecule has 1 fully saturated rings. The van der Waals surface area contributed by atoms with Crippen molar-refractivity contribution in [1.29, 1.82) is 0 Å². The molecule has 2 atom stereocenters. The Labute approximate surface area is 86.6 Å². The molecule has 0 amide bonds. The first-order chi connectivity index (χ1) is 6.58. The van der Waals surface area contributed by atoms with Gasteiger partial charge in [-0.05, 0) is 31.6 Å². The van der Waals surface area contributed by atoms with Gasteiger partial charge < -0.3 is 10.2 Å². The summed E-state index contributed by atoms with van der Waals surface area (Å²) in [6.07, 6.45) is 7.67. The molecule has 0 unspecified atom stereocenters. The molecular weight excluding hydrogens is 176 g/mol. The van der Waals surface area contributed by atoms with E-state index < -0.39 is 5.60 Å². The van der Waals surface area contributed by atoms with Crippen molar-refractivity contribution >= 4 is 0 Å². The van der Waals surface area contributed by atoms with Gasteiger partial charge in [-0.2, -0.15) is 0 Å². The van der Waals surface area contributed by atoms with E-state index >= 15 is 0 Å². The number of hydrogen-bond donors (Lipinski definition) is 2. The van der Waals surface area contributed by atoms with Crippen LogP contribution in [0.5, 0.6) is 0 Å². The predicted octanol–water partition coefficient (Wildman–Crippen LogP) is 2.11. The topological polar surface area (TPSA) is 40.5 Å². The zero-order chi connectivity index (χ0) is 10.6. The van der Waals surface area contributed by atoms with Gasteiger partial charge in [0.1, 0.15) is 0 Å². The highest BCUT2D eigenvalue weighted by Gasteiger charge is 2.39. The Morgan fingerprint density at radius 1 is 1.50 bits per heavy atom. The fraction of sp³-hybridized carbons (Fsp3) is 0.833. The summed E-state index contributed by atoms with van der Waals surface area (Å²) in [6.45, 7) is 4.36. The van der Waals surface area contributed by atoms with Crippen LogP contribution in [0, 0.1) is 11.8 Å². The molecule has 0 bridgehead atoms. The Morgan fingerprint density at radius 2 is 2.21 bits per heavy atom. The first-order valence-corrected chi connectivity index (χ1v) is 5.58. The molecule has 1 aliphatic carbocycles. The van der Waals surface area contributed by atoms with E-state index in [2.05, 4.69) is 13.8 Å². The highest BCUT2D eigenvalue weighted by molar-refractivity contribution is 5.03. The smallest absolute Gasteiger partial charge is 0.0712 e. The SMILES string of the molecule is CC(C)C[C@@]1(O)CCC[C@H]1/C=C/CO. The molecule has 14 heavy (non-hydrogen) atoms. The van der Waals surface area contributed by atoms with Crippen molar-refractivity contribution in [3.05, 3.63) is 12.2 Å². The number of rotatable bonds is 4. The summed E-state index contributed by atoms with van der Waals surface area (Å²) in [5, 5.41) is 19.1. The fourth-order valence-electron chi connectivity index (χ4n) is 2.54. The fourth-order valence-corrected chi connectivity index (χ4v) is 2.54. The standard InChI is InChI=1S/C12H22O2/c1-10(2)9-12(14)7-3-5-11(12)6-4-8-13/h4,6,10-11,13-14H,3,5,7-9H2,1-2H3/b6-4+/t11-,12-/m0/s1. The van der Waals surface area contributed by atoms with E-state index in [-0.39, 0.29) is 12.5 Å². The molecule has 0 aromatic rings. The molecule has 0 aromatic carbocycles. The molecule has 1 aliphatic rings. The zero-order valence-corrected chi connectivity index (χ0v) is 9.24. The van der Waals surface area contributed by atoms with E-state index in [4.69, 9.17) is 5.11 Å². The first-order valence-electron chi connectivity index (χ1n) is 5.58. The molecule has 0 aromatic heterocycles. The van der Waals surface area contributed by atoms with Crippen molar-refractivity contribution in [2.24, 2.45) is 11.8 Å². The van der Waals surface area contributed by atoms with Crippen LogP contribution in [-0.2, 0) is 0 Å². The number of hydrogen-bond acceptors (Lipinski definition) is 2. The molecule has 0 aliphatic heterocycles. The second-order valence-corrected chi connectivity index (χ2v) is 4.81. The lowest BCUT2D eigenvalue weighted by molar-refractivity contribution is -0.000326. The molecule has 2 nitrogen and oxygen atoms in total. The van der Waals surface area contributed by atoms with Crippen LogP contribution in [0.4, 0.5) is 0 Å². The van der Waals surface area contributed by atoms with Crippen molar-refractivity contribution in [3.8, 4) is 0 Å².